The van der Waals surface area contributed by atoms with Gasteiger partial charge in [-0.05, 0) is 25.5 Å². The largest absolute Gasteiger partial charge is 0.322 e. The first-order valence-electron chi connectivity index (χ1n) is 6.71. The molecule has 0 aliphatic rings. The minimum atomic E-state index is -0.262. The van der Waals surface area contributed by atoms with Gasteiger partial charge in [0.05, 0.1) is 34.7 Å². The second-order valence-corrected chi connectivity index (χ2v) is 5.43. The van der Waals surface area contributed by atoms with Crippen molar-refractivity contribution in [1.82, 2.24) is 19.7 Å². The van der Waals surface area contributed by atoms with Crippen molar-refractivity contribution < 1.29 is 0 Å². The molecule has 0 spiro atoms. The van der Waals surface area contributed by atoms with Gasteiger partial charge in [-0.25, -0.2) is 4.98 Å². The van der Waals surface area contributed by atoms with Crippen LogP contribution >= 0.6 is 11.6 Å². The Bertz CT molecular complexity index is 796. The van der Waals surface area contributed by atoms with Crippen LogP contribution in [0.2, 0.25) is 5.15 Å². The third kappa shape index (κ3) is 2.62. The van der Waals surface area contributed by atoms with Crippen LogP contribution in [-0.2, 0) is 13.5 Å². The highest BCUT2D eigenvalue weighted by molar-refractivity contribution is 6.30. The highest BCUT2D eigenvalue weighted by Crippen LogP contribution is 2.24. The molecule has 0 fully saturated rings. The maximum atomic E-state index is 6.27. The average molecular weight is 302 g/mol. The fraction of sp³-hybridized carbons (Fsp3) is 0.267. The Morgan fingerprint density at radius 3 is 2.67 bits per heavy atom. The number of nitrogens with two attached hydrogens (primary N) is 1. The molecule has 2 aromatic heterocycles. The van der Waals surface area contributed by atoms with Crippen LogP contribution < -0.4 is 5.73 Å². The Hall–Kier alpha value is -1.98. The monoisotopic (exact) mass is 301 g/mol. The van der Waals surface area contributed by atoms with Gasteiger partial charge in [-0.1, -0.05) is 23.7 Å². The van der Waals surface area contributed by atoms with Crippen LogP contribution in [0.5, 0.6) is 0 Å². The molecule has 3 aromatic rings. The van der Waals surface area contributed by atoms with Crippen LogP contribution in [0.4, 0.5) is 0 Å². The molecule has 5 nitrogen and oxygen atoms in total. The number of halogens is 1. The first-order valence-corrected chi connectivity index (χ1v) is 7.09. The smallest absolute Gasteiger partial charge is 0.130 e. The summed E-state index contributed by atoms with van der Waals surface area (Å²) in [6.45, 7) is 1.93. The number of rotatable bonds is 3. The van der Waals surface area contributed by atoms with Gasteiger partial charge in [0.2, 0.25) is 0 Å². The first-order chi connectivity index (χ1) is 10.1. The summed E-state index contributed by atoms with van der Waals surface area (Å²) in [5.41, 5.74) is 10.6. The summed E-state index contributed by atoms with van der Waals surface area (Å²) in [4.78, 5) is 8.98. The van der Waals surface area contributed by atoms with Crippen LogP contribution in [0.1, 0.15) is 23.0 Å². The fourth-order valence-corrected chi connectivity index (χ4v) is 2.63. The second-order valence-electron chi connectivity index (χ2n) is 5.07. The minimum absolute atomic E-state index is 0.262. The van der Waals surface area contributed by atoms with Gasteiger partial charge >= 0.3 is 0 Å². The maximum Gasteiger partial charge on any atom is 0.130 e. The number of hydrogen-bond acceptors (Lipinski definition) is 4. The Labute approximate surface area is 127 Å². The summed E-state index contributed by atoms with van der Waals surface area (Å²) in [5, 5.41) is 4.92. The molecule has 0 amide bonds. The lowest BCUT2D eigenvalue weighted by Gasteiger charge is -2.11. The predicted octanol–water partition coefficient (Wildman–Crippen LogP) is 2.57. The lowest BCUT2D eigenvalue weighted by atomic mass is 10.1. The number of nitrogens with zero attached hydrogens (tertiary/aromatic N) is 4. The summed E-state index contributed by atoms with van der Waals surface area (Å²) >= 11 is 6.25. The van der Waals surface area contributed by atoms with Crippen molar-refractivity contribution in [2.24, 2.45) is 12.8 Å². The molecule has 108 valence electrons. The molecule has 3 rings (SSSR count). The number of fused-ring (bicyclic) bond motifs is 1. The molecular weight excluding hydrogens is 286 g/mol. The predicted molar refractivity (Wildman–Crippen MR) is 83.1 cm³/mol. The molecule has 1 atom stereocenters. The van der Waals surface area contributed by atoms with Crippen molar-refractivity contribution in [3.05, 3.63) is 52.6 Å². The number of hydrogen-bond donors (Lipinski definition) is 1. The van der Waals surface area contributed by atoms with E-state index in [1.165, 1.54) is 0 Å². The molecule has 0 aliphatic heterocycles. The standard InChI is InChI=1S/C15H16ClN5/c1-9-10(15(16)21(2)20-9)7-11(17)14-8-18-12-5-3-4-6-13(12)19-14/h3-6,8,11H,7,17H2,1-2H3. The van der Waals surface area contributed by atoms with Gasteiger partial charge in [0.25, 0.3) is 0 Å². The van der Waals surface area contributed by atoms with Gasteiger partial charge in [-0.2, -0.15) is 5.10 Å². The summed E-state index contributed by atoms with van der Waals surface area (Å²) in [6.07, 6.45) is 2.32. The molecule has 0 bridgehead atoms. The minimum Gasteiger partial charge on any atom is -0.322 e. The average Bonchev–Trinajstić information content (AvgIpc) is 2.73. The Morgan fingerprint density at radius 1 is 1.29 bits per heavy atom. The van der Waals surface area contributed by atoms with E-state index in [0.29, 0.717) is 11.6 Å². The quantitative estimate of drug-likeness (QED) is 0.807. The van der Waals surface area contributed by atoms with Crippen molar-refractivity contribution in [3.63, 3.8) is 0 Å². The van der Waals surface area contributed by atoms with E-state index in [-0.39, 0.29) is 6.04 Å². The highest BCUT2D eigenvalue weighted by atomic mass is 35.5. The van der Waals surface area contributed by atoms with E-state index in [2.05, 4.69) is 15.1 Å². The van der Waals surface area contributed by atoms with Crippen molar-refractivity contribution >= 4 is 22.6 Å². The second kappa shape index (κ2) is 5.42. The molecule has 0 saturated heterocycles. The number of para-hydroxylation sites is 2. The summed E-state index contributed by atoms with van der Waals surface area (Å²) < 4.78 is 1.66. The molecule has 0 aliphatic carbocycles. The van der Waals surface area contributed by atoms with Gasteiger partial charge in [0.1, 0.15) is 5.15 Å². The lowest BCUT2D eigenvalue weighted by Crippen LogP contribution is -2.16. The van der Waals surface area contributed by atoms with E-state index in [1.807, 2.05) is 38.2 Å². The van der Waals surface area contributed by atoms with Crippen molar-refractivity contribution in [2.45, 2.75) is 19.4 Å². The summed E-state index contributed by atoms with van der Waals surface area (Å²) in [6, 6.07) is 7.48. The number of benzene rings is 1. The van der Waals surface area contributed by atoms with E-state index in [4.69, 9.17) is 17.3 Å². The first kappa shape index (κ1) is 14.0. The van der Waals surface area contributed by atoms with Crippen molar-refractivity contribution in [3.8, 4) is 0 Å². The normalized spacial score (nSPS) is 12.8. The molecule has 1 unspecified atom stereocenters. The highest BCUT2D eigenvalue weighted by Gasteiger charge is 2.17. The van der Waals surface area contributed by atoms with Gasteiger partial charge < -0.3 is 5.73 Å². The third-order valence-corrected chi connectivity index (χ3v) is 4.01. The zero-order valence-electron chi connectivity index (χ0n) is 11.9. The maximum absolute atomic E-state index is 6.27. The molecule has 2 heterocycles. The molecular formula is C15H16ClN5. The molecule has 0 radical (unpaired) electrons. The van der Waals surface area contributed by atoms with Crippen LogP contribution in [0.25, 0.3) is 11.0 Å². The van der Waals surface area contributed by atoms with Crippen molar-refractivity contribution in [1.29, 1.82) is 0 Å². The van der Waals surface area contributed by atoms with E-state index in [1.54, 1.807) is 10.9 Å². The zero-order chi connectivity index (χ0) is 15.0. The van der Waals surface area contributed by atoms with Crippen LogP contribution in [0, 0.1) is 6.92 Å². The number of aryl methyl sites for hydroxylation is 2. The van der Waals surface area contributed by atoms with E-state index < -0.39 is 0 Å². The SMILES string of the molecule is Cc1nn(C)c(Cl)c1CC(N)c1cnc2ccccc2n1. The van der Waals surface area contributed by atoms with Gasteiger partial charge in [0, 0.05) is 12.6 Å². The molecule has 21 heavy (non-hydrogen) atoms. The third-order valence-electron chi connectivity index (χ3n) is 3.54. The van der Waals surface area contributed by atoms with E-state index in [9.17, 15) is 0 Å². The summed E-state index contributed by atoms with van der Waals surface area (Å²) in [7, 11) is 1.82. The van der Waals surface area contributed by atoms with Gasteiger partial charge in [0.15, 0.2) is 0 Å². The van der Waals surface area contributed by atoms with Crippen molar-refractivity contribution in [2.75, 3.05) is 0 Å². The zero-order valence-corrected chi connectivity index (χ0v) is 12.7. The van der Waals surface area contributed by atoms with Gasteiger partial charge in [-0.15, -0.1) is 0 Å². The summed E-state index contributed by atoms with van der Waals surface area (Å²) in [5.74, 6) is 0. The van der Waals surface area contributed by atoms with Crippen LogP contribution in [-0.4, -0.2) is 19.7 Å². The molecule has 6 heteroatoms. The molecule has 0 saturated carbocycles. The van der Waals surface area contributed by atoms with Crippen LogP contribution in [0.15, 0.2) is 30.5 Å². The lowest BCUT2D eigenvalue weighted by molar-refractivity contribution is 0.693. The van der Waals surface area contributed by atoms with E-state index in [0.717, 1.165) is 28.0 Å². The van der Waals surface area contributed by atoms with Crippen LogP contribution in [0.3, 0.4) is 0 Å². The Balaban J connectivity index is 1.91. The fourth-order valence-electron chi connectivity index (χ4n) is 2.38. The van der Waals surface area contributed by atoms with E-state index >= 15 is 0 Å². The topological polar surface area (TPSA) is 69.6 Å². The molecule has 1 aromatic carbocycles. The Morgan fingerprint density at radius 2 is 2.00 bits per heavy atom. The van der Waals surface area contributed by atoms with Gasteiger partial charge in [-0.3, -0.25) is 9.67 Å². The molecule has 2 N–H and O–H groups in total. The number of aromatic nitrogens is 4. The Kier molecular flexibility index (Phi) is 3.61.